The summed E-state index contributed by atoms with van der Waals surface area (Å²) in [6, 6.07) is 12.8. The molecule has 1 atom stereocenters. The van der Waals surface area contributed by atoms with Gasteiger partial charge in [0.2, 0.25) is 16.1 Å². The van der Waals surface area contributed by atoms with E-state index in [0.717, 1.165) is 25.7 Å². The monoisotopic (exact) mass is 474 g/mol. The van der Waals surface area contributed by atoms with Crippen molar-refractivity contribution in [3.63, 3.8) is 0 Å². The standard InChI is InChI=1S/C23H26N2O7S/c1-30-23(27)21-14-25(19-8-4-5-9-20(19)32-21)22(26)15-31-17-10-12-18(13-11-17)33(28,29)24-16-6-2-3-7-16/h4-5,8-13,16,21,24H,2-3,6-7,14-15H2,1H3/t21-/m1/s1. The maximum Gasteiger partial charge on any atom is 0.348 e. The predicted octanol–water partition coefficient (Wildman–Crippen LogP) is 2.25. The average Bonchev–Trinajstić information content (AvgIpc) is 3.33. The maximum absolute atomic E-state index is 12.9. The second kappa shape index (κ2) is 9.80. The smallest absolute Gasteiger partial charge is 0.348 e. The SMILES string of the molecule is COC(=O)[C@H]1CN(C(=O)COc2ccc(S(=O)(=O)NC3CCCC3)cc2)c2ccccc2O1. The van der Waals surface area contributed by atoms with E-state index >= 15 is 0 Å². The highest BCUT2D eigenvalue weighted by molar-refractivity contribution is 7.89. The van der Waals surface area contributed by atoms with Crippen molar-refractivity contribution >= 4 is 27.6 Å². The van der Waals surface area contributed by atoms with E-state index in [9.17, 15) is 18.0 Å². The van der Waals surface area contributed by atoms with E-state index < -0.39 is 22.1 Å². The molecule has 0 unspecified atom stereocenters. The fraction of sp³-hybridized carbons (Fsp3) is 0.391. The fourth-order valence-corrected chi connectivity index (χ4v) is 5.30. The van der Waals surface area contributed by atoms with Crippen LogP contribution in [0.5, 0.6) is 11.5 Å². The van der Waals surface area contributed by atoms with Crippen molar-refractivity contribution in [3.05, 3.63) is 48.5 Å². The van der Waals surface area contributed by atoms with Crippen LogP contribution in [0.15, 0.2) is 53.4 Å². The zero-order chi connectivity index (χ0) is 23.4. The number of rotatable bonds is 7. The second-order valence-corrected chi connectivity index (χ2v) is 9.68. The molecule has 1 aliphatic carbocycles. The largest absolute Gasteiger partial charge is 0.484 e. The first-order chi connectivity index (χ1) is 15.9. The van der Waals surface area contributed by atoms with Crippen molar-refractivity contribution in [2.75, 3.05) is 25.2 Å². The molecule has 0 bridgehead atoms. The topological polar surface area (TPSA) is 111 Å². The van der Waals surface area contributed by atoms with E-state index in [1.807, 2.05) is 0 Å². The molecule has 0 spiro atoms. The van der Waals surface area contributed by atoms with Gasteiger partial charge in [-0.2, -0.15) is 0 Å². The van der Waals surface area contributed by atoms with Gasteiger partial charge >= 0.3 is 5.97 Å². The third-order valence-electron chi connectivity index (χ3n) is 5.71. The number of esters is 1. The van der Waals surface area contributed by atoms with Crippen LogP contribution >= 0.6 is 0 Å². The number of anilines is 1. The van der Waals surface area contributed by atoms with Gasteiger partial charge in [0.15, 0.2) is 6.61 Å². The minimum absolute atomic E-state index is 0.00407. The van der Waals surface area contributed by atoms with Gasteiger partial charge in [0.1, 0.15) is 11.5 Å². The van der Waals surface area contributed by atoms with E-state index in [4.69, 9.17) is 14.2 Å². The Hall–Kier alpha value is -3.11. The molecular formula is C23H26N2O7S. The number of nitrogens with zero attached hydrogens (tertiary/aromatic N) is 1. The normalized spacial score (nSPS) is 18.3. The summed E-state index contributed by atoms with van der Waals surface area (Å²) in [7, 11) is -2.34. The quantitative estimate of drug-likeness (QED) is 0.613. The van der Waals surface area contributed by atoms with Crippen LogP contribution in [0.4, 0.5) is 5.69 Å². The van der Waals surface area contributed by atoms with E-state index in [1.54, 1.807) is 24.3 Å². The Labute approximate surface area is 192 Å². The van der Waals surface area contributed by atoms with Crippen LogP contribution in [0.3, 0.4) is 0 Å². The molecule has 2 aromatic rings. The van der Waals surface area contributed by atoms with E-state index in [1.165, 1.54) is 36.3 Å². The second-order valence-electron chi connectivity index (χ2n) is 7.96. The van der Waals surface area contributed by atoms with Gasteiger partial charge in [0, 0.05) is 6.04 Å². The number of carbonyl (C=O) groups excluding carboxylic acids is 2. The number of amides is 1. The van der Waals surface area contributed by atoms with Crippen molar-refractivity contribution in [3.8, 4) is 11.5 Å². The molecule has 2 aromatic carbocycles. The first kappa shape index (κ1) is 23.1. The molecule has 1 heterocycles. The van der Waals surface area contributed by atoms with Gasteiger partial charge in [-0.1, -0.05) is 25.0 Å². The molecule has 0 aromatic heterocycles. The minimum Gasteiger partial charge on any atom is -0.484 e. The molecule has 4 rings (SSSR count). The number of nitrogens with one attached hydrogen (secondary N) is 1. The summed E-state index contributed by atoms with van der Waals surface area (Å²) in [5.41, 5.74) is 0.533. The number of ether oxygens (including phenoxy) is 3. The van der Waals surface area contributed by atoms with Crippen LogP contribution < -0.4 is 19.1 Å². The number of carbonyl (C=O) groups is 2. The molecule has 176 valence electrons. The maximum atomic E-state index is 12.9. The molecule has 1 saturated carbocycles. The van der Waals surface area contributed by atoms with E-state index in [2.05, 4.69) is 4.72 Å². The Morgan fingerprint density at radius 1 is 1.09 bits per heavy atom. The van der Waals surface area contributed by atoms with Crippen LogP contribution in [-0.2, 0) is 24.3 Å². The Bertz CT molecular complexity index is 1110. The molecule has 0 saturated heterocycles. The van der Waals surface area contributed by atoms with Crippen LogP contribution in [0, 0.1) is 0 Å². The summed E-state index contributed by atoms with van der Waals surface area (Å²) in [6.07, 6.45) is 2.82. The van der Waals surface area contributed by atoms with Crippen molar-refractivity contribution in [2.24, 2.45) is 0 Å². The van der Waals surface area contributed by atoms with E-state index in [0.29, 0.717) is 17.2 Å². The molecule has 33 heavy (non-hydrogen) atoms. The molecule has 9 nitrogen and oxygen atoms in total. The van der Waals surface area contributed by atoms with Gasteiger partial charge in [-0.05, 0) is 49.2 Å². The molecule has 1 N–H and O–H groups in total. The third-order valence-corrected chi connectivity index (χ3v) is 7.25. The lowest BCUT2D eigenvalue weighted by Gasteiger charge is -2.33. The lowest BCUT2D eigenvalue weighted by molar-refractivity contribution is -0.148. The molecule has 1 fully saturated rings. The van der Waals surface area contributed by atoms with E-state index in [-0.39, 0.29) is 30.0 Å². The Morgan fingerprint density at radius 3 is 2.48 bits per heavy atom. The fourth-order valence-electron chi connectivity index (χ4n) is 3.99. The minimum atomic E-state index is -3.60. The number of fused-ring (bicyclic) bond motifs is 1. The average molecular weight is 475 g/mol. The lowest BCUT2D eigenvalue weighted by atomic mass is 10.2. The Morgan fingerprint density at radius 2 is 1.79 bits per heavy atom. The highest BCUT2D eigenvalue weighted by atomic mass is 32.2. The molecule has 1 amide bonds. The number of methoxy groups -OCH3 is 1. The molecule has 2 aliphatic rings. The van der Waals surface area contributed by atoms with Crippen molar-refractivity contribution in [1.82, 2.24) is 4.72 Å². The van der Waals surface area contributed by atoms with Gasteiger partial charge < -0.3 is 19.1 Å². The first-order valence-electron chi connectivity index (χ1n) is 10.8. The number of para-hydroxylation sites is 2. The molecule has 1 aliphatic heterocycles. The summed E-state index contributed by atoms with van der Waals surface area (Å²) in [5, 5.41) is 0. The number of hydrogen-bond acceptors (Lipinski definition) is 7. The highest BCUT2D eigenvalue weighted by Crippen LogP contribution is 2.33. The van der Waals surface area contributed by atoms with Gasteiger partial charge in [0.25, 0.3) is 5.91 Å². The zero-order valence-electron chi connectivity index (χ0n) is 18.2. The zero-order valence-corrected chi connectivity index (χ0v) is 19.0. The van der Waals surface area contributed by atoms with Crippen LogP contribution in [0.1, 0.15) is 25.7 Å². The highest BCUT2D eigenvalue weighted by Gasteiger charge is 2.34. The third kappa shape index (κ3) is 5.28. The molecule has 0 radical (unpaired) electrons. The molecular weight excluding hydrogens is 448 g/mol. The molecule has 10 heteroatoms. The number of benzene rings is 2. The van der Waals surface area contributed by atoms with Gasteiger partial charge in [-0.25, -0.2) is 17.9 Å². The van der Waals surface area contributed by atoms with Crippen molar-refractivity contribution in [1.29, 1.82) is 0 Å². The number of hydrogen-bond donors (Lipinski definition) is 1. The summed E-state index contributed by atoms with van der Waals surface area (Å²) in [5.74, 6) is -0.198. The first-order valence-corrected chi connectivity index (χ1v) is 12.2. The summed E-state index contributed by atoms with van der Waals surface area (Å²) in [6.45, 7) is -0.301. The number of sulfonamides is 1. The summed E-state index contributed by atoms with van der Waals surface area (Å²) in [4.78, 5) is 26.4. The Kier molecular flexibility index (Phi) is 6.85. The Balaban J connectivity index is 1.40. The van der Waals surface area contributed by atoms with Crippen molar-refractivity contribution < 1.29 is 32.2 Å². The van der Waals surface area contributed by atoms with Crippen LogP contribution in [0.2, 0.25) is 0 Å². The predicted molar refractivity (Wildman–Crippen MR) is 120 cm³/mol. The van der Waals surface area contributed by atoms with Gasteiger partial charge in [-0.3, -0.25) is 4.79 Å². The van der Waals surface area contributed by atoms with Crippen LogP contribution in [-0.4, -0.2) is 52.7 Å². The summed E-state index contributed by atoms with van der Waals surface area (Å²) < 4.78 is 43.8. The van der Waals surface area contributed by atoms with Crippen molar-refractivity contribution in [2.45, 2.75) is 42.7 Å². The lowest BCUT2D eigenvalue weighted by Crippen LogP contribution is -2.48. The summed E-state index contributed by atoms with van der Waals surface area (Å²) >= 11 is 0. The van der Waals surface area contributed by atoms with Crippen LogP contribution in [0.25, 0.3) is 0 Å². The van der Waals surface area contributed by atoms with Gasteiger partial charge in [0.05, 0.1) is 24.2 Å². The van der Waals surface area contributed by atoms with Gasteiger partial charge in [-0.15, -0.1) is 0 Å².